The molecule has 0 saturated heterocycles. The second kappa shape index (κ2) is 10.8. The first-order valence-corrected chi connectivity index (χ1v) is 8.76. The minimum absolute atomic E-state index is 0.126. The summed E-state index contributed by atoms with van der Waals surface area (Å²) in [6, 6.07) is 0. The molecule has 20 heavy (non-hydrogen) atoms. The molecule has 0 spiro atoms. The fraction of sp³-hybridized carbons (Fsp3) is 0.750. The number of aryl methyl sites for hydroxylation is 1. The van der Waals surface area contributed by atoms with E-state index in [2.05, 4.69) is 6.92 Å². The Balaban J connectivity index is 1.93. The number of unbranched alkanes of at least 4 members (excludes halogenated alkanes) is 7. The molecule has 4 heteroatoms. The van der Waals surface area contributed by atoms with Crippen molar-refractivity contribution < 1.29 is 14.1 Å². The quantitative estimate of drug-likeness (QED) is 0.351. The van der Waals surface area contributed by atoms with Crippen LogP contribution in [0.5, 0.6) is 0 Å². The molecule has 114 valence electrons. The first kappa shape index (κ1) is 17.2. The third-order valence-corrected chi connectivity index (χ3v) is 4.29. The van der Waals surface area contributed by atoms with Crippen molar-refractivity contribution in [3.8, 4) is 0 Å². The van der Waals surface area contributed by atoms with Crippen LogP contribution in [0, 0.1) is 6.92 Å². The normalized spacial score (nSPS) is 10.7. The van der Waals surface area contributed by atoms with E-state index in [1.54, 1.807) is 11.3 Å². The molecule has 0 fully saturated rings. The summed E-state index contributed by atoms with van der Waals surface area (Å²) >= 11 is 1.61. The van der Waals surface area contributed by atoms with Crippen molar-refractivity contribution in [2.75, 3.05) is 6.61 Å². The van der Waals surface area contributed by atoms with Gasteiger partial charge in [0.05, 0.1) is 12.0 Å². The molecule has 1 heterocycles. The Hall–Kier alpha value is -0.900. The van der Waals surface area contributed by atoms with E-state index >= 15 is 0 Å². The van der Waals surface area contributed by atoms with Crippen LogP contribution in [-0.4, -0.2) is 12.6 Å². The Bertz CT molecular complexity index is 376. The Labute approximate surface area is 127 Å². The smallest absolute Gasteiger partial charge is 0.372 e. The van der Waals surface area contributed by atoms with E-state index < -0.39 is 0 Å². The van der Waals surface area contributed by atoms with Crippen molar-refractivity contribution in [3.05, 3.63) is 16.6 Å². The highest BCUT2D eigenvalue weighted by Crippen LogP contribution is 2.08. The highest BCUT2D eigenvalue weighted by Gasteiger charge is 2.13. The topological polar surface area (TPSA) is 30.2 Å². The largest absolute Gasteiger partial charge is 0.461 e. The van der Waals surface area contributed by atoms with Crippen molar-refractivity contribution in [1.29, 1.82) is 0 Å². The molecule has 0 radical (unpaired) electrons. The number of hydrogen-bond acceptors (Lipinski definition) is 3. The van der Waals surface area contributed by atoms with Gasteiger partial charge in [-0.1, -0.05) is 63.2 Å². The predicted molar refractivity (Wildman–Crippen MR) is 82.8 cm³/mol. The molecule has 0 unspecified atom stereocenters. The van der Waals surface area contributed by atoms with E-state index in [1.165, 1.54) is 44.9 Å². The van der Waals surface area contributed by atoms with E-state index in [1.807, 2.05) is 22.4 Å². The summed E-state index contributed by atoms with van der Waals surface area (Å²) < 4.78 is 7.19. The summed E-state index contributed by atoms with van der Waals surface area (Å²) in [4.78, 5) is 11.6. The number of nitrogens with zero attached hydrogens (tertiary/aromatic N) is 1. The van der Waals surface area contributed by atoms with E-state index in [-0.39, 0.29) is 5.97 Å². The zero-order chi connectivity index (χ0) is 14.6. The molecule has 0 atom stereocenters. The molecule has 0 aliphatic carbocycles. The van der Waals surface area contributed by atoms with Crippen LogP contribution in [0.3, 0.4) is 0 Å². The molecular weight excluding hydrogens is 270 g/mol. The fourth-order valence-electron chi connectivity index (χ4n) is 2.12. The van der Waals surface area contributed by atoms with Crippen LogP contribution in [0.4, 0.5) is 0 Å². The third kappa shape index (κ3) is 7.63. The molecule has 1 aromatic rings. The molecule has 0 aromatic carbocycles. The van der Waals surface area contributed by atoms with Gasteiger partial charge in [-0.3, -0.25) is 0 Å². The predicted octanol–water partition coefficient (Wildman–Crippen LogP) is 4.03. The first-order valence-electron chi connectivity index (χ1n) is 7.82. The van der Waals surface area contributed by atoms with Crippen LogP contribution in [-0.2, 0) is 16.1 Å². The van der Waals surface area contributed by atoms with Gasteiger partial charge in [0.2, 0.25) is 12.1 Å². The van der Waals surface area contributed by atoms with Gasteiger partial charge in [0.1, 0.15) is 0 Å². The number of rotatable bonds is 11. The number of ether oxygens (including phenoxy) is 1. The standard InChI is InChI=1S/C16H28NO2S/c1-3-4-5-6-7-8-9-10-11-19-16(18)12-17-14-20-13-15(17)2/h13-14H,3-12H2,1-2H3/q+1. The van der Waals surface area contributed by atoms with Crippen LogP contribution in [0.15, 0.2) is 10.9 Å². The lowest BCUT2D eigenvalue weighted by molar-refractivity contribution is -0.687. The Morgan fingerprint density at radius 1 is 1.15 bits per heavy atom. The number of aromatic nitrogens is 1. The lowest BCUT2D eigenvalue weighted by atomic mass is 10.1. The number of hydrogen-bond donors (Lipinski definition) is 0. The molecule has 1 aromatic heterocycles. The number of thiazole rings is 1. The monoisotopic (exact) mass is 298 g/mol. The minimum Gasteiger partial charge on any atom is -0.461 e. The molecule has 1 rings (SSSR count). The van der Waals surface area contributed by atoms with Gasteiger partial charge in [-0.05, 0) is 6.42 Å². The fourth-order valence-corrected chi connectivity index (χ4v) is 2.90. The molecule has 0 N–H and O–H groups in total. The van der Waals surface area contributed by atoms with Crippen molar-refractivity contribution in [1.82, 2.24) is 0 Å². The van der Waals surface area contributed by atoms with Gasteiger partial charge in [-0.15, -0.1) is 0 Å². The van der Waals surface area contributed by atoms with Gasteiger partial charge in [0.15, 0.2) is 5.69 Å². The van der Waals surface area contributed by atoms with Crippen LogP contribution >= 0.6 is 11.3 Å². The van der Waals surface area contributed by atoms with Gasteiger partial charge < -0.3 is 4.74 Å². The van der Waals surface area contributed by atoms with Gasteiger partial charge in [-0.25, -0.2) is 4.79 Å². The molecule has 0 amide bonds. The lowest BCUT2D eigenvalue weighted by Crippen LogP contribution is -2.39. The number of carbonyl (C=O) groups excluding carboxylic acids is 1. The molecular formula is C16H28NO2S+. The maximum atomic E-state index is 11.6. The number of carbonyl (C=O) groups is 1. The second-order valence-corrected chi connectivity index (χ2v) is 6.04. The van der Waals surface area contributed by atoms with E-state index in [4.69, 9.17) is 4.74 Å². The van der Waals surface area contributed by atoms with Crippen molar-refractivity contribution in [2.24, 2.45) is 0 Å². The van der Waals surface area contributed by atoms with E-state index in [0.717, 1.165) is 12.1 Å². The van der Waals surface area contributed by atoms with Crippen molar-refractivity contribution in [3.63, 3.8) is 0 Å². The average molecular weight is 298 g/mol. The van der Waals surface area contributed by atoms with Crippen LogP contribution < -0.4 is 4.57 Å². The van der Waals surface area contributed by atoms with Gasteiger partial charge in [0, 0.05) is 6.92 Å². The lowest BCUT2D eigenvalue weighted by Gasteiger charge is -2.03. The Morgan fingerprint density at radius 2 is 1.80 bits per heavy atom. The highest BCUT2D eigenvalue weighted by atomic mass is 32.1. The Morgan fingerprint density at radius 3 is 2.40 bits per heavy atom. The van der Waals surface area contributed by atoms with Crippen LogP contribution in [0.25, 0.3) is 0 Å². The van der Waals surface area contributed by atoms with E-state index in [9.17, 15) is 4.79 Å². The van der Waals surface area contributed by atoms with Crippen molar-refractivity contribution in [2.45, 2.75) is 71.8 Å². The van der Waals surface area contributed by atoms with Gasteiger partial charge in [-0.2, -0.15) is 4.57 Å². The maximum Gasteiger partial charge on any atom is 0.372 e. The van der Waals surface area contributed by atoms with Crippen molar-refractivity contribution >= 4 is 17.3 Å². The number of esters is 1. The average Bonchev–Trinajstić information content (AvgIpc) is 2.82. The SMILES string of the molecule is CCCCCCCCCCOC(=O)C[n+]1cscc1C. The van der Waals surface area contributed by atoms with E-state index in [0.29, 0.717) is 13.2 Å². The van der Waals surface area contributed by atoms with Crippen LogP contribution in [0.1, 0.15) is 64.0 Å². The molecule has 0 bridgehead atoms. The zero-order valence-electron chi connectivity index (χ0n) is 12.9. The minimum atomic E-state index is -0.126. The van der Waals surface area contributed by atoms with Crippen LogP contribution in [0.2, 0.25) is 0 Å². The summed E-state index contributed by atoms with van der Waals surface area (Å²) in [5.74, 6) is -0.126. The maximum absolute atomic E-state index is 11.6. The summed E-state index contributed by atoms with van der Waals surface area (Å²) in [7, 11) is 0. The molecule has 3 nitrogen and oxygen atoms in total. The highest BCUT2D eigenvalue weighted by molar-refractivity contribution is 7.07. The zero-order valence-corrected chi connectivity index (χ0v) is 13.7. The third-order valence-electron chi connectivity index (χ3n) is 3.44. The summed E-state index contributed by atoms with van der Waals surface area (Å²) in [6.45, 7) is 5.15. The second-order valence-electron chi connectivity index (χ2n) is 5.32. The Kier molecular flexibility index (Phi) is 9.29. The van der Waals surface area contributed by atoms with Gasteiger partial charge in [0.25, 0.3) is 0 Å². The molecule has 0 aliphatic heterocycles. The summed E-state index contributed by atoms with van der Waals surface area (Å²) in [5, 5.41) is 2.03. The summed E-state index contributed by atoms with van der Waals surface area (Å²) in [6.07, 6.45) is 10.1. The molecule has 0 saturated carbocycles. The molecule has 0 aliphatic rings. The summed E-state index contributed by atoms with van der Waals surface area (Å²) in [5.41, 5.74) is 3.06. The first-order chi connectivity index (χ1) is 9.74. The van der Waals surface area contributed by atoms with Gasteiger partial charge >= 0.3 is 5.97 Å².